The van der Waals surface area contributed by atoms with Crippen molar-refractivity contribution in [3.05, 3.63) is 47.4 Å². The first kappa shape index (κ1) is 15.6. The maximum absolute atomic E-state index is 13.2. The Bertz CT molecular complexity index is 838. The van der Waals surface area contributed by atoms with Crippen LogP contribution in [-0.2, 0) is 9.53 Å². The molecule has 0 radical (unpaired) electrons. The number of ether oxygens (including phenoxy) is 1. The molecule has 0 bridgehead atoms. The zero-order chi connectivity index (χ0) is 17.4. The second-order valence-corrected chi connectivity index (χ2v) is 6.09. The maximum atomic E-state index is 13.2. The molecule has 2 N–H and O–H groups in total. The number of carbonyl (C=O) groups is 1. The molecular weight excluding hydrogens is 322 g/mol. The summed E-state index contributed by atoms with van der Waals surface area (Å²) in [6, 6.07) is 6.45. The van der Waals surface area contributed by atoms with Gasteiger partial charge in [-0.3, -0.25) is 4.79 Å². The topological polar surface area (TPSA) is 92.5 Å². The van der Waals surface area contributed by atoms with Crippen molar-refractivity contribution in [2.75, 3.05) is 31.6 Å². The molecule has 1 aromatic carbocycles. The van der Waals surface area contributed by atoms with Crippen LogP contribution in [0.3, 0.4) is 0 Å². The second-order valence-electron chi connectivity index (χ2n) is 6.09. The standard InChI is InChI=1S/C17H19N5O3/c1-11-14(16(24)21-5-7-25-8-6-21)15(12-3-2-4-13(23)9-12)22-17(20-11)18-10-19-22/h2-4,9-10,15,23H,5-8H2,1H3,(H,18,19,20)/t15-/m1/s1. The highest BCUT2D eigenvalue weighted by molar-refractivity contribution is 5.96. The number of aromatic hydroxyl groups is 1. The Hall–Kier alpha value is -2.87. The van der Waals surface area contributed by atoms with Gasteiger partial charge in [-0.25, -0.2) is 4.68 Å². The van der Waals surface area contributed by atoms with Crippen molar-refractivity contribution in [2.24, 2.45) is 0 Å². The molecule has 8 nitrogen and oxygen atoms in total. The van der Waals surface area contributed by atoms with Crippen LogP contribution in [0, 0.1) is 0 Å². The van der Waals surface area contributed by atoms with Crippen molar-refractivity contribution in [3.8, 4) is 5.75 Å². The van der Waals surface area contributed by atoms with Gasteiger partial charge < -0.3 is 20.1 Å². The fourth-order valence-corrected chi connectivity index (χ4v) is 3.31. The predicted molar refractivity (Wildman–Crippen MR) is 90.0 cm³/mol. The second kappa shape index (κ2) is 6.21. The minimum Gasteiger partial charge on any atom is -0.508 e. The summed E-state index contributed by atoms with van der Waals surface area (Å²) in [5.41, 5.74) is 2.13. The molecule has 1 aromatic heterocycles. The smallest absolute Gasteiger partial charge is 0.254 e. The number of anilines is 1. The highest BCUT2D eigenvalue weighted by Crippen LogP contribution is 2.36. The van der Waals surface area contributed by atoms with E-state index in [0.29, 0.717) is 37.8 Å². The molecule has 4 rings (SSSR count). The average molecular weight is 341 g/mol. The molecule has 8 heteroatoms. The van der Waals surface area contributed by atoms with Gasteiger partial charge in [0.25, 0.3) is 5.91 Å². The Morgan fingerprint density at radius 3 is 2.92 bits per heavy atom. The summed E-state index contributed by atoms with van der Waals surface area (Å²) < 4.78 is 7.02. The van der Waals surface area contributed by atoms with Gasteiger partial charge in [0.1, 0.15) is 18.1 Å². The quantitative estimate of drug-likeness (QED) is 0.851. The number of amides is 1. The van der Waals surface area contributed by atoms with E-state index < -0.39 is 6.04 Å². The fourth-order valence-electron chi connectivity index (χ4n) is 3.31. The number of hydrogen-bond acceptors (Lipinski definition) is 6. The number of fused-ring (bicyclic) bond motifs is 1. The Labute approximate surface area is 144 Å². The third kappa shape index (κ3) is 2.74. The highest BCUT2D eigenvalue weighted by atomic mass is 16.5. The highest BCUT2D eigenvalue weighted by Gasteiger charge is 2.35. The zero-order valence-corrected chi connectivity index (χ0v) is 13.8. The first-order chi connectivity index (χ1) is 12.1. The number of nitrogens with zero attached hydrogens (tertiary/aromatic N) is 4. The van der Waals surface area contributed by atoms with E-state index in [-0.39, 0.29) is 11.7 Å². The van der Waals surface area contributed by atoms with E-state index in [1.54, 1.807) is 27.8 Å². The summed E-state index contributed by atoms with van der Waals surface area (Å²) in [6.45, 7) is 4.06. The lowest BCUT2D eigenvalue weighted by atomic mass is 9.94. The first-order valence-electron chi connectivity index (χ1n) is 8.18. The van der Waals surface area contributed by atoms with Crippen LogP contribution in [0.4, 0.5) is 5.95 Å². The van der Waals surface area contributed by atoms with Crippen molar-refractivity contribution in [1.82, 2.24) is 19.7 Å². The molecular formula is C17H19N5O3. The Morgan fingerprint density at radius 2 is 2.16 bits per heavy atom. The van der Waals surface area contributed by atoms with Gasteiger partial charge in [-0.2, -0.15) is 10.1 Å². The van der Waals surface area contributed by atoms with Crippen molar-refractivity contribution in [1.29, 1.82) is 0 Å². The van der Waals surface area contributed by atoms with Gasteiger partial charge in [0.15, 0.2) is 0 Å². The third-order valence-electron chi connectivity index (χ3n) is 4.51. The number of morpholine rings is 1. The van der Waals surface area contributed by atoms with Crippen molar-refractivity contribution in [3.63, 3.8) is 0 Å². The molecule has 0 spiro atoms. The van der Waals surface area contributed by atoms with Gasteiger partial charge in [-0.05, 0) is 24.6 Å². The van der Waals surface area contributed by atoms with E-state index >= 15 is 0 Å². The van der Waals surface area contributed by atoms with Crippen molar-refractivity contribution >= 4 is 11.9 Å². The largest absolute Gasteiger partial charge is 0.508 e. The fraction of sp³-hybridized carbons (Fsp3) is 0.353. The summed E-state index contributed by atoms with van der Waals surface area (Å²) in [5, 5.41) is 17.3. The zero-order valence-electron chi connectivity index (χ0n) is 13.8. The molecule has 2 aliphatic heterocycles. The van der Waals surface area contributed by atoms with Crippen LogP contribution in [-0.4, -0.2) is 57.0 Å². The number of aromatic nitrogens is 3. The number of phenolic OH excluding ortho intramolecular Hbond substituents is 1. The molecule has 0 aliphatic carbocycles. The van der Waals surface area contributed by atoms with E-state index in [0.717, 1.165) is 11.3 Å². The molecule has 1 saturated heterocycles. The van der Waals surface area contributed by atoms with Crippen LogP contribution in [0.2, 0.25) is 0 Å². The number of benzene rings is 1. The number of rotatable bonds is 2. The minimum atomic E-state index is -0.443. The number of phenols is 1. The maximum Gasteiger partial charge on any atom is 0.254 e. The monoisotopic (exact) mass is 341 g/mol. The Balaban J connectivity index is 1.80. The normalized spacial score (nSPS) is 20.2. The summed E-state index contributed by atoms with van der Waals surface area (Å²) in [4.78, 5) is 19.2. The predicted octanol–water partition coefficient (Wildman–Crippen LogP) is 1.13. The van der Waals surface area contributed by atoms with Crippen LogP contribution in [0.15, 0.2) is 41.9 Å². The molecule has 130 valence electrons. The van der Waals surface area contributed by atoms with Gasteiger partial charge in [0.2, 0.25) is 5.95 Å². The van der Waals surface area contributed by atoms with E-state index in [4.69, 9.17) is 4.74 Å². The van der Waals surface area contributed by atoms with Crippen LogP contribution >= 0.6 is 0 Å². The SMILES string of the molecule is CC1=C(C(=O)N2CCOCC2)[C@@H](c2cccc(O)c2)n2ncnc2N1. The summed E-state index contributed by atoms with van der Waals surface area (Å²) in [6.07, 6.45) is 1.45. The number of carbonyl (C=O) groups excluding carboxylic acids is 1. The van der Waals surface area contributed by atoms with Crippen LogP contribution < -0.4 is 5.32 Å². The molecule has 25 heavy (non-hydrogen) atoms. The van der Waals surface area contributed by atoms with Crippen molar-refractivity contribution < 1.29 is 14.6 Å². The lowest BCUT2D eigenvalue weighted by Gasteiger charge is -2.33. The van der Waals surface area contributed by atoms with Gasteiger partial charge in [-0.15, -0.1) is 0 Å². The lowest BCUT2D eigenvalue weighted by Crippen LogP contribution is -2.44. The minimum absolute atomic E-state index is 0.0530. The first-order valence-corrected chi connectivity index (χ1v) is 8.18. The van der Waals surface area contributed by atoms with Gasteiger partial charge in [-0.1, -0.05) is 12.1 Å². The molecule has 3 heterocycles. The molecule has 0 unspecified atom stereocenters. The number of hydrogen-bond donors (Lipinski definition) is 2. The Morgan fingerprint density at radius 1 is 1.36 bits per heavy atom. The van der Waals surface area contributed by atoms with Crippen LogP contribution in [0.1, 0.15) is 18.5 Å². The van der Waals surface area contributed by atoms with Gasteiger partial charge >= 0.3 is 0 Å². The summed E-state index contributed by atoms with van der Waals surface area (Å²) >= 11 is 0. The van der Waals surface area contributed by atoms with Crippen LogP contribution in [0.25, 0.3) is 0 Å². The van der Waals surface area contributed by atoms with E-state index in [1.807, 2.05) is 13.0 Å². The summed E-state index contributed by atoms with van der Waals surface area (Å²) in [7, 11) is 0. The molecule has 0 saturated carbocycles. The average Bonchev–Trinajstić information content (AvgIpc) is 3.08. The lowest BCUT2D eigenvalue weighted by molar-refractivity contribution is -0.131. The molecule has 2 aliphatic rings. The summed E-state index contributed by atoms with van der Waals surface area (Å²) in [5.74, 6) is 0.667. The van der Waals surface area contributed by atoms with E-state index in [2.05, 4.69) is 15.4 Å². The van der Waals surface area contributed by atoms with Gasteiger partial charge in [0.05, 0.1) is 18.8 Å². The van der Waals surface area contributed by atoms with E-state index in [9.17, 15) is 9.90 Å². The molecule has 1 amide bonds. The number of allylic oxidation sites excluding steroid dienone is 1. The third-order valence-corrected chi connectivity index (χ3v) is 4.51. The molecule has 1 atom stereocenters. The van der Waals surface area contributed by atoms with Crippen LogP contribution in [0.5, 0.6) is 5.75 Å². The Kier molecular flexibility index (Phi) is 3.89. The molecule has 1 fully saturated rings. The van der Waals surface area contributed by atoms with Gasteiger partial charge in [0, 0.05) is 18.8 Å². The van der Waals surface area contributed by atoms with E-state index in [1.165, 1.54) is 6.33 Å². The molecule has 2 aromatic rings. The van der Waals surface area contributed by atoms with Crippen molar-refractivity contribution in [2.45, 2.75) is 13.0 Å². The number of nitrogens with one attached hydrogen (secondary N) is 1.